The molecule has 1 aliphatic rings. The van der Waals surface area contributed by atoms with Crippen molar-refractivity contribution >= 4 is 32.7 Å². The number of benzene rings is 2. The highest BCUT2D eigenvalue weighted by molar-refractivity contribution is 7.89. The summed E-state index contributed by atoms with van der Waals surface area (Å²) in [6.07, 6.45) is 1.77. The first kappa shape index (κ1) is 17.6. The van der Waals surface area contributed by atoms with Crippen LogP contribution in [0.3, 0.4) is 0 Å². The van der Waals surface area contributed by atoms with Crippen molar-refractivity contribution in [1.29, 1.82) is 0 Å². The molecular formula is C20H19N3O3S. The minimum absolute atomic E-state index is 0.213. The molecule has 1 aliphatic heterocycles. The smallest absolute Gasteiger partial charge is 0.256 e. The number of nitrogens with one attached hydrogen (secondary N) is 1. The van der Waals surface area contributed by atoms with Crippen LogP contribution in [0.4, 0.5) is 5.82 Å². The lowest BCUT2D eigenvalue weighted by atomic mass is 10.2. The lowest BCUT2D eigenvalue weighted by molar-refractivity contribution is 0.102. The van der Waals surface area contributed by atoms with Gasteiger partial charge in [0.25, 0.3) is 5.91 Å². The van der Waals surface area contributed by atoms with Crippen LogP contribution in [0.25, 0.3) is 10.9 Å². The maximum absolute atomic E-state index is 12.5. The third kappa shape index (κ3) is 3.56. The van der Waals surface area contributed by atoms with Crippen molar-refractivity contribution in [2.24, 2.45) is 0 Å². The fourth-order valence-electron chi connectivity index (χ4n) is 3.18. The number of fused-ring (bicyclic) bond motifs is 1. The Morgan fingerprint density at radius 1 is 0.926 bits per heavy atom. The van der Waals surface area contributed by atoms with Gasteiger partial charge in [-0.1, -0.05) is 18.2 Å². The summed E-state index contributed by atoms with van der Waals surface area (Å²) in [6.45, 7) is 1.11. The number of carbonyl (C=O) groups excluding carboxylic acids is 1. The zero-order valence-corrected chi connectivity index (χ0v) is 15.4. The summed E-state index contributed by atoms with van der Waals surface area (Å²) in [4.78, 5) is 17.1. The standard InChI is InChI=1S/C20H19N3O3S/c24-20(22-19-12-9-15-5-1-2-6-18(15)21-19)16-7-10-17(11-8-16)27(25,26)23-13-3-4-14-23/h1-2,5-12H,3-4,13-14H2,(H,21,22,24). The van der Waals surface area contributed by atoms with Crippen LogP contribution in [0.15, 0.2) is 65.6 Å². The molecule has 1 amide bonds. The number of pyridine rings is 1. The maximum atomic E-state index is 12.5. The monoisotopic (exact) mass is 381 g/mol. The molecule has 4 rings (SSSR count). The summed E-state index contributed by atoms with van der Waals surface area (Å²) in [5.74, 6) is 0.121. The molecular weight excluding hydrogens is 362 g/mol. The van der Waals surface area contributed by atoms with E-state index in [1.54, 1.807) is 6.07 Å². The molecule has 3 aromatic rings. The van der Waals surface area contributed by atoms with Crippen LogP contribution in [-0.2, 0) is 10.0 Å². The molecule has 0 unspecified atom stereocenters. The third-order valence-corrected chi connectivity index (χ3v) is 6.57. The molecule has 138 valence electrons. The van der Waals surface area contributed by atoms with E-state index in [1.165, 1.54) is 28.6 Å². The number of hydrogen-bond acceptors (Lipinski definition) is 4. The van der Waals surface area contributed by atoms with E-state index in [-0.39, 0.29) is 10.8 Å². The molecule has 1 saturated heterocycles. The number of anilines is 1. The number of hydrogen-bond donors (Lipinski definition) is 1. The van der Waals surface area contributed by atoms with Crippen molar-refractivity contribution < 1.29 is 13.2 Å². The molecule has 2 heterocycles. The average Bonchev–Trinajstić information content (AvgIpc) is 3.24. The largest absolute Gasteiger partial charge is 0.307 e. The van der Waals surface area contributed by atoms with E-state index in [2.05, 4.69) is 10.3 Å². The van der Waals surface area contributed by atoms with Crippen LogP contribution in [-0.4, -0.2) is 36.7 Å². The quantitative estimate of drug-likeness (QED) is 0.752. The highest BCUT2D eigenvalue weighted by Gasteiger charge is 2.27. The number of aromatic nitrogens is 1. The summed E-state index contributed by atoms with van der Waals surface area (Å²) in [6, 6.07) is 17.3. The van der Waals surface area contributed by atoms with Crippen molar-refractivity contribution in [3.05, 3.63) is 66.2 Å². The second kappa shape index (κ2) is 7.09. The molecule has 1 aromatic heterocycles. The van der Waals surface area contributed by atoms with E-state index < -0.39 is 10.0 Å². The van der Waals surface area contributed by atoms with Gasteiger partial charge in [0, 0.05) is 24.0 Å². The summed E-state index contributed by atoms with van der Waals surface area (Å²) >= 11 is 0. The Balaban J connectivity index is 1.51. The Morgan fingerprint density at radius 3 is 2.37 bits per heavy atom. The number of rotatable bonds is 4. The first-order valence-corrected chi connectivity index (χ1v) is 10.3. The first-order valence-electron chi connectivity index (χ1n) is 8.81. The molecule has 0 atom stereocenters. The lowest BCUT2D eigenvalue weighted by Gasteiger charge is -2.15. The van der Waals surface area contributed by atoms with Gasteiger partial charge in [-0.25, -0.2) is 13.4 Å². The fraction of sp³-hybridized carbons (Fsp3) is 0.200. The predicted octanol–water partition coefficient (Wildman–Crippen LogP) is 3.27. The third-order valence-electron chi connectivity index (χ3n) is 4.66. The Hall–Kier alpha value is -2.77. The molecule has 7 heteroatoms. The van der Waals surface area contributed by atoms with Gasteiger partial charge in [0.05, 0.1) is 10.4 Å². The topological polar surface area (TPSA) is 79.4 Å². The van der Waals surface area contributed by atoms with Gasteiger partial charge in [-0.05, 0) is 55.3 Å². The molecule has 1 N–H and O–H groups in total. The van der Waals surface area contributed by atoms with Gasteiger partial charge in [0.1, 0.15) is 5.82 Å². The van der Waals surface area contributed by atoms with Gasteiger partial charge < -0.3 is 5.32 Å². The first-order chi connectivity index (χ1) is 13.0. The summed E-state index contributed by atoms with van der Waals surface area (Å²) in [5, 5.41) is 3.75. The van der Waals surface area contributed by atoms with Crippen LogP contribution in [0.2, 0.25) is 0 Å². The minimum Gasteiger partial charge on any atom is -0.307 e. The second-order valence-electron chi connectivity index (χ2n) is 6.48. The van der Waals surface area contributed by atoms with E-state index >= 15 is 0 Å². The molecule has 27 heavy (non-hydrogen) atoms. The van der Waals surface area contributed by atoms with Crippen molar-refractivity contribution in [2.45, 2.75) is 17.7 Å². The van der Waals surface area contributed by atoms with Crippen LogP contribution >= 0.6 is 0 Å². The summed E-state index contributed by atoms with van der Waals surface area (Å²) in [5.41, 5.74) is 1.17. The molecule has 2 aromatic carbocycles. The van der Waals surface area contributed by atoms with E-state index in [0.717, 1.165) is 23.7 Å². The van der Waals surface area contributed by atoms with Crippen LogP contribution < -0.4 is 5.32 Å². The van der Waals surface area contributed by atoms with Crippen molar-refractivity contribution in [1.82, 2.24) is 9.29 Å². The Bertz CT molecular complexity index is 1090. The molecule has 0 spiro atoms. The van der Waals surface area contributed by atoms with Gasteiger partial charge in [-0.3, -0.25) is 4.79 Å². The van der Waals surface area contributed by atoms with Crippen LogP contribution in [0.1, 0.15) is 23.2 Å². The Kier molecular flexibility index (Phi) is 4.63. The number of sulfonamides is 1. The number of carbonyl (C=O) groups is 1. The van der Waals surface area contributed by atoms with Crippen molar-refractivity contribution in [3.63, 3.8) is 0 Å². The number of nitrogens with zero attached hydrogens (tertiary/aromatic N) is 2. The second-order valence-corrected chi connectivity index (χ2v) is 8.42. The highest BCUT2D eigenvalue weighted by Crippen LogP contribution is 2.21. The van der Waals surface area contributed by atoms with Gasteiger partial charge in [0.2, 0.25) is 10.0 Å². The van der Waals surface area contributed by atoms with Gasteiger partial charge in [-0.15, -0.1) is 0 Å². The van der Waals surface area contributed by atoms with Gasteiger partial charge >= 0.3 is 0 Å². The number of amides is 1. The normalized spacial score (nSPS) is 15.1. The SMILES string of the molecule is O=C(Nc1ccc2ccccc2n1)c1ccc(S(=O)(=O)N2CCCC2)cc1. The predicted molar refractivity (Wildman–Crippen MR) is 104 cm³/mol. The van der Waals surface area contributed by atoms with Crippen LogP contribution in [0, 0.1) is 0 Å². The summed E-state index contributed by atoms with van der Waals surface area (Å²) in [7, 11) is -3.48. The van der Waals surface area contributed by atoms with E-state index in [4.69, 9.17) is 0 Å². The number of para-hydroxylation sites is 1. The van der Waals surface area contributed by atoms with Crippen molar-refractivity contribution in [2.75, 3.05) is 18.4 Å². The van der Waals surface area contributed by atoms with Crippen LogP contribution in [0.5, 0.6) is 0 Å². The summed E-state index contributed by atoms with van der Waals surface area (Å²) < 4.78 is 26.6. The lowest BCUT2D eigenvalue weighted by Crippen LogP contribution is -2.27. The molecule has 6 nitrogen and oxygen atoms in total. The highest BCUT2D eigenvalue weighted by atomic mass is 32.2. The van der Waals surface area contributed by atoms with E-state index in [9.17, 15) is 13.2 Å². The van der Waals surface area contributed by atoms with Gasteiger partial charge in [0.15, 0.2) is 0 Å². The zero-order valence-electron chi connectivity index (χ0n) is 14.6. The molecule has 0 aliphatic carbocycles. The van der Waals surface area contributed by atoms with Gasteiger partial charge in [-0.2, -0.15) is 4.31 Å². The minimum atomic E-state index is -3.48. The molecule has 0 bridgehead atoms. The zero-order chi connectivity index (χ0) is 18.9. The Labute approximate surface area is 157 Å². The van der Waals surface area contributed by atoms with E-state index in [0.29, 0.717) is 24.5 Å². The average molecular weight is 381 g/mol. The van der Waals surface area contributed by atoms with E-state index in [1.807, 2.05) is 30.3 Å². The van der Waals surface area contributed by atoms with Crippen molar-refractivity contribution in [3.8, 4) is 0 Å². The fourth-order valence-corrected chi connectivity index (χ4v) is 4.70. The molecule has 0 saturated carbocycles. The molecule has 1 fully saturated rings. The Morgan fingerprint density at radius 2 is 1.63 bits per heavy atom. The maximum Gasteiger partial charge on any atom is 0.256 e. The molecule has 0 radical (unpaired) electrons.